The third-order valence-electron chi connectivity index (χ3n) is 2.14. The standard InChI is InChI=1S/C10H14N2O3.ClH/c11-9(10(13)7-12(14)15)6-8-4-2-1-3-5-8;/h1-5,9-10,13H,6-7,11H2;1H/t9-,10+;/m0./s1. The molecule has 0 amide bonds. The predicted molar refractivity (Wildman–Crippen MR) is 63.2 cm³/mol. The minimum absolute atomic E-state index is 0. The molecule has 0 spiro atoms. The molecule has 0 heterocycles. The molecule has 6 heteroatoms. The van der Waals surface area contributed by atoms with Crippen LogP contribution in [0.4, 0.5) is 0 Å². The highest BCUT2D eigenvalue weighted by Gasteiger charge is 2.20. The van der Waals surface area contributed by atoms with E-state index in [-0.39, 0.29) is 12.4 Å². The monoisotopic (exact) mass is 246 g/mol. The fourth-order valence-corrected chi connectivity index (χ4v) is 1.31. The molecule has 0 unspecified atom stereocenters. The lowest BCUT2D eigenvalue weighted by molar-refractivity contribution is -0.490. The maximum Gasteiger partial charge on any atom is 0.230 e. The van der Waals surface area contributed by atoms with Gasteiger partial charge >= 0.3 is 0 Å². The van der Waals surface area contributed by atoms with Crippen molar-refractivity contribution in [3.8, 4) is 0 Å². The zero-order valence-corrected chi connectivity index (χ0v) is 9.47. The molecule has 5 nitrogen and oxygen atoms in total. The number of benzene rings is 1. The van der Waals surface area contributed by atoms with Crippen LogP contribution in [0, 0.1) is 10.1 Å². The van der Waals surface area contributed by atoms with Crippen molar-refractivity contribution < 1.29 is 10.0 Å². The summed E-state index contributed by atoms with van der Waals surface area (Å²) < 4.78 is 0. The Balaban J connectivity index is 0.00000225. The predicted octanol–water partition coefficient (Wildman–Crippen LogP) is 0.616. The van der Waals surface area contributed by atoms with Gasteiger partial charge in [0.1, 0.15) is 6.10 Å². The number of aliphatic hydroxyl groups excluding tert-OH is 1. The van der Waals surface area contributed by atoms with Crippen LogP contribution in [-0.4, -0.2) is 28.7 Å². The Labute approximate surface area is 99.8 Å². The molecule has 0 aliphatic heterocycles. The SMILES string of the molecule is Cl.N[C@@H](Cc1ccccc1)[C@H](O)C[N+](=O)[O-]. The normalized spacial score (nSPS) is 13.6. The van der Waals surface area contributed by atoms with E-state index < -0.39 is 23.6 Å². The van der Waals surface area contributed by atoms with E-state index in [1.165, 1.54) is 0 Å². The number of nitrogens with zero attached hydrogens (tertiary/aromatic N) is 1. The first-order chi connectivity index (χ1) is 7.09. The van der Waals surface area contributed by atoms with E-state index in [1.807, 2.05) is 30.3 Å². The van der Waals surface area contributed by atoms with Crippen molar-refractivity contribution in [1.29, 1.82) is 0 Å². The van der Waals surface area contributed by atoms with Crippen LogP contribution in [0.3, 0.4) is 0 Å². The van der Waals surface area contributed by atoms with Crippen LogP contribution >= 0.6 is 12.4 Å². The van der Waals surface area contributed by atoms with Gasteiger partial charge in [-0.2, -0.15) is 0 Å². The van der Waals surface area contributed by atoms with Crippen molar-refractivity contribution in [2.24, 2.45) is 5.73 Å². The average molecular weight is 247 g/mol. The van der Waals surface area contributed by atoms with Crippen molar-refractivity contribution in [2.45, 2.75) is 18.6 Å². The molecule has 0 fully saturated rings. The molecule has 1 rings (SSSR count). The molecule has 2 atom stereocenters. The molecular formula is C10H15ClN2O3. The van der Waals surface area contributed by atoms with E-state index in [0.29, 0.717) is 6.42 Å². The van der Waals surface area contributed by atoms with E-state index in [0.717, 1.165) is 5.56 Å². The van der Waals surface area contributed by atoms with E-state index in [1.54, 1.807) is 0 Å². The van der Waals surface area contributed by atoms with Crippen LogP contribution in [0.15, 0.2) is 30.3 Å². The summed E-state index contributed by atoms with van der Waals surface area (Å²) in [5.74, 6) is 0. The minimum Gasteiger partial charge on any atom is -0.385 e. The summed E-state index contributed by atoms with van der Waals surface area (Å²) in [4.78, 5) is 9.60. The van der Waals surface area contributed by atoms with Gasteiger partial charge in [0.15, 0.2) is 0 Å². The first-order valence-electron chi connectivity index (χ1n) is 4.69. The summed E-state index contributed by atoms with van der Waals surface area (Å²) in [6, 6.07) is 8.75. The van der Waals surface area contributed by atoms with Crippen LogP contribution in [0.2, 0.25) is 0 Å². The summed E-state index contributed by atoms with van der Waals surface area (Å²) in [5.41, 5.74) is 6.61. The van der Waals surface area contributed by atoms with Crippen molar-refractivity contribution in [3.63, 3.8) is 0 Å². The molecule has 0 saturated carbocycles. The molecule has 0 aliphatic rings. The van der Waals surface area contributed by atoms with Crippen LogP contribution in [-0.2, 0) is 6.42 Å². The van der Waals surface area contributed by atoms with Crippen molar-refractivity contribution >= 4 is 12.4 Å². The number of aliphatic hydroxyl groups is 1. The van der Waals surface area contributed by atoms with Crippen molar-refractivity contribution in [2.75, 3.05) is 6.54 Å². The van der Waals surface area contributed by atoms with Gasteiger partial charge in [-0.1, -0.05) is 30.3 Å². The van der Waals surface area contributed by atoms with Gasteiger partial charge in [-0.15, -0.1) is 12.4 Å². The summed E-state index contributed by atoms with van der Waals surface area (Å²) >= 11 is 0. The third-order valence-corrected chi connectivity index (χ3v) is 2.14. The molecule has 1 aromatic carbocycles. The van der Waals surface area contributed by atoms with E-state index in [2.05, 4.69) is 0 Å². The Bertz CT molecular complexity index is 321. The molecule has 16 heavy (non-hydrogen) atoms. The van der Waals surface area contributed by atoms with Crippen LogP contribution in [0.1, 0.15) is 5.56 Å². The number of hydrogen-bond acceptors (Lipinski definition) is 4. The number of halogens is 1. The van der Waals surface area contributed by atoms with Gasteiger partial charge in [0, 0.05) is 11.0 Å². The molecular weight excluding hydrogens is 232 g/mol. The summed E-state index contributed by atoms with van der Waals surface area (Å²) in [6.45, 7) is -0.506. The Kier molecular flexibility index (Phi) is 6.64. The van der Waals surface area contributed by atoms with Gasteiger partial charge in [0.25, 0.3) is 0 Å². The van der Waals surface area contributed by atoms with Crippen molar-refractivity contribution in [3.05, 3.63) is 46.0 Å². The lowest BCUT2D eigenvalue weighted by Gasteiger charge is -2.15. The van der Waals surface area contributed by atoms with Crippen LogP contribution in [0.5, 0.6) is 0 Å². The van der Waals surface area contributed by atoms with Gasteiger partial charge in [0.2, 0.25) is 6.54 Å². The highest BCUT2D eigenvalue weighted by molar-refractivity contribution is 5.85. The minimum atomic E-state index is -1.10. The van der Waals surface area contributed by atoms with E-state index in [4.69, 9.17) is 5.73 Å². The summed E-state index contributed by atoms with van der Waals surface area (Å²) in [7, 11) is 0. The molecule has 0 aromatic heterocycles. The van der Waals surface area contributed by atoms with Gasteiger partial charge in [-0.3, -0.25) is 10.1 Å². The van der Waals surface area contributed by atoms with Gasteiger partial charge in [-0.05, 0) is 12.0 Å². The molecule has 0 aliphatic carbocycles. The number of nitrogens with two attached hydrogens (primary N) is 1. The van der Waals surface area contributed by atoms with Gasteiger partial charge in [0.05, 0.1) is 0 Å². The van der Waals surface area contributed by atoms with Crippen LogP contribution < -0.4 is 5.73 Å². The lowest BCUT2D eigenvalue weighted by Crippen LogP contribution is -2.40. The van der Waals surface area contributed by atoms with E-state index in [9.17, 15) is 15.2 Å². The van der Waals surface area contributed by atoms with Gasteiger partial charge < -0.3 is 10.8 Å². The largest absolute Gasteiger partial charge is 0.385 e. The second-order valence-electron chi connectivity index (χ2n) is 3.44. The molecule has 90 valence electrons. The Morgan fingerprint density at radius 3 is 2.44 bits per heavy atom. The quantitative estimate of drug-likeness (QED) is 0.589. The Morgan fingerprint density at radius 1 is 1.38 bits per heavy atom. The summed E-state index contributed by atoms with van der Waals surface area (Å²) in [6.07, 6.45) is -0.657. The highest BCUT2D eigenvalue weighted by Crippen LogP contribution is 2.04. The first kappa shape index (κ1) is 14.8. The molecule has 0 bridgehead atoms. The second kappa shape index (κ2) is 7.16. The van der Waals surface area contributed by atoms with Gasteiger partial charge in [-0.25, -0.2) is 0 Å². The number of hydrogen-bond donors (Lipinski definition) is 2. The smallest absolute Gasteiger partial charge is 0.230 e. The maximum atomic E-state index is 10.2. The van der Waals surface area contributed by atoms with Crippen LogP contribution in [0.25, 0.3) is 0 Å². The second-order valence-corrected chi connectivity index (χ2v) is 3.44. The highest BCUT2D eigenvalue weighted by atomic mass is 35.5. The Hall–Kier alpha value is -1.17. The zero-order chi connectivity index (χ0) is 11.3. The Morgan fingerprint density at radius 2 is 1.94 bits per heavy atom. The number of nitro groups is 1. The molecule has 0 saturated heterocycles. The lowest BCUT2D eigenvalue weighted by atomic mass is 10.0. The average Bonchev–Trinajstić information content (AvgIpc) is 2.18. The number of rotatable bonds is 5. The van der Waals surface area contributed by atoms with E-state index >= 15 is 0 Å². The zero-order valence-electron chi connectivity index (χ0n) is 8.65. The summed E-state index contributed by atoms with van der Waals surface area (Å²) in [5, 5.41) is 19.5. The molecule has 0 radical (unpaired) electrons. The van der Waals surface area contributed by atoms with Crippen molar-refractivity contribution in [1.82, 2.24) is 0 Å². The molecule has 1 aromatic rings. The maximum absolute atomic E-state index is 10.2. The topological polar surface area (TPSA) is 89.4 Å². The fourth-order valence-electron chi connectivity index (χ4n) is 1.31. The third kappa shape index (κ3) is 5.06. The first-order valence-corrected chi connectivity index (χ1v) is 4.69. The fraction of sp³-hybridized carbons (Fsp3) is 0.400. The molecule has 3 N–H and O–H groups in total.